The Morgan fingerprint density at radius 2 is 1.03 bits per heavy atom. The van der Waals surface area contributed by atoms with Gasteiger partial charge in [0, 0.05) is 97.7 Å². The first-order valence-corrected chi connectivity index (χ1v) is 24.0. The molecule has 6 heterocycles. The number of nitrogens with zero attached hydrogens (tertiary/aromatic N) is 11. The molecule has 8 rings (SSSR count). The third kappa shape index (κ3) is 11.9. The van der Waals surface area contributed by atoms with Crippen LogP contribution in [0.4, 0.5) is 43.7 Å². The lowest BCUT2D eigenvalue weighted by atomic mass is 9.98. The van der Waals surface area contributed by atoms with Gasteiger partial charge in [-0.25, -0.2) is 23.7 Å². The lowest BCUT2D eigenvalue weighted by Gasteiger charge is -2.47. The molecule has 0 radical (unpaired) electrons. The second-order valence-corrected chi connectivity index (χ2v) is 19.0. The van der Waals surface area contributed by atoms with Gasteiger partial charge >= 0.3 is 5.82 Å². The molecule has 4 fully saturated rings. The second-order valence-electron chi connectivity index (χ2n) is 17.4. The normalized spacial score (nSPS) is 20.9. The maximum absolute atomic E-state index is 14.2. The van der Waals surface area contributed by atoms with E-state index in [1.165, 1.54) is 12.1 Å². The fourth-order valence-corrected chi connectivity index (χ4v) is 10.6. The highest BCUT2D eigenvalue weighted by atomic mass is 35.5. The zero-order valence-corrected chi connectivity index (χ0v) is 40.3. The molecule has 0 amide bonds. The lowest BCUT2D eigenvalue weighted by Crippen LogP contribution is -2.58. The standard InChI is InChI=1S/C22H28Cl2FN7O2.C22H30Cl2FN7/c1-2-16-13-30(21-19(24)27-22(32(33)34)20(26)28-21)9-10-31(16)17-5-7-29(8-6-17)12-14-3-4-15(23)11-18(14)25;1-2-16-13-31(22-19(24)28-20(26)21(27)29-22)9-10-32(16)17-5-7-30(8-6-17)12-14-3-4-15(23)11-18(14)25/h3-4,11,16-17H,2,5-10,12-13H2,1H3,(H2,26,28);3-4,11,16-17H,2,5-10,12-13H2,1H3,(H2,26,28)(H2,27,29)/t2*16-/m00/s1. The summed E-state index contributed by atoms with van der Waals surface area (Å²) >= 11 is 24.3. The van der Waals surface area contributed by atoms with Gasteiger partial charge in [0.1, 0.15) is 11.6 Å². The van der Waals surface area contributed by atoms with Crippen LogP contribution in [0.3, 0.4) is 0 Å². The highest BCUT2D eigenvalue weighted by molar-refractivity contribution is 6.32. The summed E-state index contributed by atoms with van der Waals surface area (Å²) < 4.78 is 28.3. The summed E-state index contributed by atoms with van der Waals surface area (Å²) in [5.41, 5.74) is 18.7. The number of piperidine rings is 2. The number of halogens is 6. The van der Waals surface area contributed by atoms with Gasteiger partial charge in [-0.05, 0) is 110 Å². The number of aromatic nitrogens is 4. The molecular formula is C44H58Cl4F2N14O2. The van der Waals surface area contributed by atoms with E-state index in [-0.39, 0.29) is 40.3 Å². The summed E-state index contributed by atoms with van der Waals surface area (Å²) in [5.74, 6) is 0.129. The van der Waals surface area contributed by atoms with Gasteiger partial charge in [0.2, 0.25) is 5.82 Å². The molecule has 22 heteroatoms. The lowest BCUT2D eigenvalue weighted by molar-refractivity contribution is -0.388. The zero-order valence-electron chi connectivity index (χ0n) is 37.2. The van der Waals surface area contributed by atoms with Gasteiger partial charge in [0.05, 0.1) is 0 Å². The molecule has 66 heavy (non-hydrogen) atoms. The van der Waals surface area contributed by atoms with Crippen LogP contribution in [0, 0.1) is 21.7 Å². The maximum Gasteiger partial charge on any atom is 0.408 e. The zero-order chi connectivity index (χ0) is 47.2. The van der Waals surface area contributed by atoms with Crippen LogP contribution in [0.25, 0.3) is 0 Å². The van der Waals surface area contributed by atoms with Crippen molar-refractivity contribution in [3.8, 4) is 0 Å². The van der Waals surface area contributed by atoms with E-state index in [1.807, 2.05) is 4.90 Å². The van der Waals surface area contributed by atoms with Gasteiger partial charge in [-0.3, -0.25) is 19.6 Å². The summed E-state index contributed by atoms with van der Waals surface area (Å²) in [6.45, 7) is 14.0. The van der Waals surface area contributed by atoms with Crippen molar-refractivity contribution in [2.75, 3.05) is 92.4 Å². The van der Waals surface area contributed by atoms with Crippen LogP contribution in [0.15, 0.2) is 36.4 Å². The van der Waals surface area contributed by atoms with Gasteiger partial charge in [-0.15, -0.1) is 0 Å². The van der Waals surface area contributed by atoms with Crippen molar-refractivity contribution in [2.45, 2.75) is 89.6 Å². The largest absolute Gasteiger partial charge is 0.408 e. The summed E-state index contributed by atoms with van der Waals surface area (Å²) in [7, 11) is 0. The Morgan fingerprint density at radius 3 is 1.44 bits per heavy atom. The van der Waals surface area contributed by atoms with E-state index < -0.39 is 10.7 Å². The van der Waals surface area contributed by atoms with Crippen LogP contribution < -0.4 is 27.0 Å². The Kier molecular flexibility index (Phi) is 16.8. The molecular weight excluding hydrogens is 936 g/mol. The van der Waals surface area contributed by atoms with E-state index in [2.05, 4.69) is 58.3 Å². The van der Waals surface area contributed by atoms with Crippen LogP contribution in [0.2, 0.25) is 20.4 Å². The fourth-order valence-electron chi connectivity index (χ4n) is 9.79. The smallest absolute Gasteiger partial charge is 0.381 e. The van der Waals surface area contributed by atoms with Gasteiger partial charge in [-0.1, -0.05) is 60.8 Å². The molecule has 358 valence electrons. The number of hydrogen-bond acceptors (Lipinski definition) is 15. The SMILES string of the molecule is CC[C@H]1CN(c2nc(N)c(N)nc2Cl)CCN1C1CCN(Cc2ccc(Cl)cc2F)CC1.CC[C@H]1CN(c2nc(N)c([N+](=O)[O-])nc2Cl)CCN1C1CCN(Cc2ccc(Cl)cc2F)CC1. The fraction of sp³-hybridized carbons (Fsp3) is 0.545. The average Bonchev–Trinajstić information content (AvgIpc) is 3.30. The minimum Gasteiger partial charge on any atom is -0.381 e. The molecule has 0 bridgehead atoms. The molecule has 16 nitrogen and oxygen atoms in total. The topological polar surface area (TPSA) is 192 Å². The minimum atomic E-state index is -0.682. The van der Waals surface area contributed by atoms with Crippen LogP contribution in [0.1, 0.15) is 63.5 Å². The molecule has 4 aromatic rings. The van der Waals surface area contributed by atoms with Crippen molar-refractivity contribution in [3.05, 3.63) is 89.6 Å². The van der Waals surface area contributed by atoms with Gasteiger partial charge in [0.15, 0.2) is 28.4 Å². The first-order valence-electron chi connectivity index (χ1n) is 22.5. The molecule has 2 atom stereocenters. The van der Waals surface area contributed by atoms with E-state index in [1.54, 1.807) is 24.3 Å². The first-order chi connectivity index (χ1) is 31.6. The number of piperazine rings is 2. The predicted molar refractivity (Wildman–Crippen MR) is 259 cm³/mol. The number of nitrogens with two attached hydrogens (primary N) is 3. The summed E-state index contributed by atoms with van der Waals surface area (Å²) in [5, 5.41) is 12.2. The van der Waals surface area contributed by atoms with Gasteiger partial charge < -0.3 is 37.1 Å². The third-order valence-corrected chi connectivity index (χ3v) is 14.4. The van der Waals surface area contributed by atoms with Crippen LogP contribution in [0.5, 0.6) is 0 Å². The van der Waals surface area contributed by atoms with Crippen LogP contribution in [-0.4, -0.2) is 134 Å². The minimum absolute atomic E-state index is 0.00746. The second kappa shape index (κ2) is 22.3. The Labute approximate surface area is 404 Å². The van der Waals surface area contributed by atoms with Gasteiger partial charge in [-0.2, -0.15) is 0 Å². The van der Waals surface area contributed by atoms with Crippen molar-refractivity contribution >= 4 is 81.3 Å². The Morgan fingerprint density at radius 1 is 0.621 bits per heavy atom. The van der Waals surface area contributed by atoms with Crippen LogP contribution in [-0.2, 0) is 13.1 Å². The monoisotopic (exact) mass is 992 g/mol. The quantitative estimate of drug-likeness (QED) is 0.0981. The number of nitro groups is 1. The number of nitrogen functional groups attached to an aromatic ring is 3. The molecule has 2 aromatic carbocycles. The average molecular weight is 995 g/mol. The number of anilines is 5. The Balaban J connectivity index is 0.000000197. The van der Waals surface area contributed by atoms with E-state index in [4.69, 9.17) is 63.6 Å². The molecule has 0 aliphatic carbocycles. The molecule has 6 N–H and O–H groups in total. The van der Waals surface area contributed by atoms with Gasteiger partial charge in [0.25, 0.3) is 5.15 Å². The van der Waals surface area contributed by atoms with E-state index >= 15 is 0 Å². The number of likely N-dealkylation sites (tertiary alicyclic amines) is 2. The predicted octanol–water partition coefficient (Wildman–Crippen LogP) is 7.63. The molecule has 0 saturated carbocycles. The highest BCUT2D eigenvalue weighted by Crippen LogP contribution is 2.33. The Bertz CT molecular complexity index is 2320. The van der Waals surface area contributed by atoms with Crippen molar-refractivity contribution in [3.63, 3.8) is 0 Å². The number of benzene rings is 2. The van der Waals surface area contributed by atoms with E-state index in [0.29, 0.717) is 82.3 Å². The number of hydrogen-bond donors (Lipinski definition) is 3. The van der Waals surface area contributed by atoms with E-state index in [9.17, 15) is 18.9 Å². The van der Waals surface area contributed by atoms with Crippen LogP contribution >= 0.6 is 46.4 Å². The molecule has 4 saturated heterocycles. The van der Waals surface area contributed by atoms with Crippen molar-refractivity contribution in [1.82, 2.24) is 39.5 Å². The Hall–Kier alpha value is -4.14. The molecule has 4 aliphatic rings. The summed E-state index contributed by atoms with van der Waals surface area (Å²) in [4.78, 5) is 40.9. The summed E-state index contributed by atoms with van der Waals surface area (Å²) in [6, 6.07) is 11.4. The van der Waals surface area contributed by atoms with Crippen molar-refractivity contribution in [2.24, 2.45) is 0 Å². The van der Waals surface area contributed by atoms with Crippen molar-refractivity contribution < 1.29 is 13.7 Å². The van der Waals surface area contributed by atoms with Crippen molar-refractivity contribution in [1.29, 1.82) is 0 Å². The third-order valence-electron chi connectivity index (χ3n) is 13.4. The van der Waals surface area contributed by atoms with E-state index in [0.717, 1.165) is 90.9 Å². The highest BCUT2D eigenvalue weighted by Gasteiger charge is 2.37. The molecule has 0 spiro atoms. The molecule has 4 aliphatic heterocycles. The number of rotatable bonds is 11. The first kappa shape index (κ1) is 49.8. The summed E-state index contributed by atoms with van der Waals surface area (Å²) in [6.07, 6.45) is 6.14. The maximum atomic E-state index is 14.2. The molecule has 0 unspecified atom stereocenters. The molecule has 2 aromatic heterocycles.